The Kier molecular flexibility index (Phi) is 4.07. The van der Waals surface area contributed by atoms with Crippen LogP contribution in [-0.4, -0.2) is 55.8 Å². The quantitative estimate of drug-likeness (QED) is 0.604. The minimum Gasteiger partial charge on any atom is -0.304 e. The number of hydrogen-bond donors (Lipinski definition) is 0. The van der Waals surface area contributed by atoms with Gasteiger partial charge < -0.3 is 4.90 Å². The summed E-state index contributed by atoms with van der Waals surface area (Å²) in [6.07, 6.45) is 0. The molecule has 0 bridgehead atoms. The summed E-state index contributed by atoms with van der Waals surface area (Å²) in [5, 5.41) is 10.8. The average molecular weight is 298 g/mol. The van der Waals surface area contributed by atoms with Crippen LogP contribution in [-0.2, 0) is 10.0 Å². The third kappa shape index (κ3) is 2.97. The molecular weight excluding hydrogens is 282 g/mol. The number of sulfonamides is 1. The van der Waals surface area contributed by atoms with Crippen molar-refractivity contribution in [2.45, 2.75) is 11.8 Å². The third-order valence-electron chi connectivity index (χ3n) is 3.25. The molecule has 0 aromatic heterocycles. The topological polar surface area (TPSA) is 83.8 Å². The van der Waals surface area contributed by atoms with Crippen molar-refractivity contribution in [2.75, 3.05) is 33.2 Å². The molecular formula is C12H16N3O4S. The molecule has 2 rings (SSSR count). The highest BCUT2D eigenvalue weighted by Gasteiger charge is 2.29. The lowest BCUT2D eigenvalue weighted by molar-refractivity contribution is -0.385. The van der Waals surface area contributed by atoms with Crippen LogP contribution in [0.2, 0.25) is 0 Å². The van der Waals surface area contributed by atoms with E-state index in [0.717, 1.165) is 6.07 Å². The van der Waals surface area contributed by atoms with Crippen LogP contribution in [0.4, 0.5) is 5.69 Å². The summed E-state index contributed by atoms with van der Waals surface area (Å²) in [6, 6.07) is 5.08. The lowest BCUT2D eigenvalue weighted by Crippen LogP contribution is -2.47. The molecule has 1 aromatic carbocycles. The first-order chi connectivity index (χ1) is 9.30. The molecule has 1 aliphatic heterocycles. The standard InChI is InChI=1S/C12H16N3O4S/c1-10-7-11(15(16)17)9-12(8-10)20(18,19)14-5-3-13(2)4-6-14/h7,9H,3-6H2,1-2H3. The van der Waals surface area contributed by atoms with E-state index in [9.17, 15) is 18.5 Å². The van der Waals surface area contributed by atoms with Crippen molar-refractivity contribution in [3.05, 3.63) is 33.9 Å². The first kappa shape index (κ1) is 14.9. The molecule has 0 unspecified atom stereocenters. The fraction of sp³-hybridized carbons (Fsp3) is 0.500. The Hall–Kier alpha value is -1.51. The van der Waals surface area contributed by atoms with Crippen molar-refractivity contribution >= 4 is 15.7 Å². The highest BCUT2D eigenvalue weighted by atomic mass is 32.2. The zero-order valence-electron chi connectivity index (χ0n) is 11.4. The molecule has 1 aliphatic rings. The van der Waals surface area contributed by atoms with Crippen LogP contribution < -0.4 is 0 Å². The van der Waals surface area contributed by atoms with Crippen LogP contribution in [0.1, 0.15) is 5.56 Å². The highest BCUT2D eigenvalue weighted by Crippen LogP contribution is 2.23. The summed E-state index contributed by atoms with van der Waals surface area (Å²) in [4.78, 5) is 12.1. The van der Waals surface area contributed by atoms with Crippen molar-refractivity contribution in [1.82, 2.24) is 9.21 Å². The smallest absolute Gasteiger partial charge is 0.271 e. The Morgan fingerprint density at radius 2 is 1.85 bits per heavy atom. The summed E-state index contributed by atoms with van der Waals surface area (Å²) < 4.78 is 26.3. The van der Waals surface area contributed by atoms with Crippen LogP contribution in [0.3, 0.4) is 0 Å². The van der Waals surface area contributed by atoms with Gasteiger partial charge in [-0.05, 0) is 19.5 Å². The maximum atomic E-state index is 12.5. The molecule has 0 atom stereocenters. The van der Waals surface area contributed by atoms with Gasteiger partial charge in [-0.1, -0.05) is 0 Å². The number of rotatable bonds is 3. The van der Waals surface area contributed by atoms with Gasteiger partial charge >= 0.3 is 0 Å². The third-order valence-corrected chi connectivity index (χ3v) is 5.08. The zero-order valence-corrected chi connectivity index (χ0v) is 12.2. The molecule has 1 fully saturated rings. The number of nitro benzene ring substituents is 1. The molecule has 1 radical (unpaired) electrons. The highest BCUT2D eigenvalue weighted by molar-refractivity contribution is 7.89. The van der Waals surface area contributed by atoms with Crippen molar-refractivity contribution < 1.29 is 13.3 Å². The predicted octanol–water partition coefficient (Wildman–Crippen LogP) is 0.640. The van der Waals surface area contributed by atoms with E-state index in [0.29, 0.717) is 31.7 Å². The molecule has 8 heteroatoms. The van der Waals surface area contributed by atoms with E-state index in [1.165, 1.54) is 10.4 Å². The number of nitro groups is 1. The lowest BCUT2D eigenvalue weighted by Gasteiger charge is -2.31. The van der Waals surface area contributed by atoms with Crippen molar-refractivity contribution in [1.29, 1.82) is 0 Å². The number of non-ortho nitro benzene ring substituents is 1. The molecule has 109 valence electrons. The Labute approximate surface area is 118 Å². The molecule has 1 aromatic rings. The summed E-state index contributed by atoms with van der Waals surface area (Å²) in [6.45, 7) is 3.65. The second kappa shape index (κ2) is 5.47. The van der Waals surface area contributed by atoms with E-state index in [2.05, 4.69) is 6.07 Å². The van der Waals surface area contributed by atoms with Crippen LogP contribution in [0.25, 0.3) is 0 Å². The fourth-order valence-corrected chi connectivity index (χ4v) is 3.56. The van der Waals surface area contributed by atoms with Gasteiger partial charge in [0.1, 0.15) is 0 Å². The number of nitrogens with zero attached hydrogens (tertiary/aromatic N) is 3. The number of likely N-dealkylation sites (N-methyl/N-ethyl adjacent to an activating group) is 1. The molecule has 7 nitrogen and oxygen atoms in total. The van der Waals surface area contributed by atoms with Crippen LogP contribution >= 0.6 is 0 Å². The van der Waals surface area contributed by atoms with Crippen LogP contribution in [0.15, 0.2) is 17.0 Å². The summed E-state index contributed by atoms with van der Waals surface area (Å²) in [7, 11) is -1.79. The minimum atomic E-state index is -3.72. The van der Waals surface area contributed by atoms with Gasteiger partial charge in [0.2, 0.25) is 10.0 Å². The van der Waals surface area contributed by atoms with Crippen molar-refractivity contribution in [3.63, 3.8) is 0 Å². The lowest BCUT2D eigenvalue weighted by atomic mass is 10.2. The Bertz CT molecular complexity index is 622. The second-order valence-corrected chi connectivity index (χ2v) is 6.76. The number of benzene rings is 1. The summed E-state index contributed by atoms with van der Waals surface area (Å²) in [5.74, 6) is 0. The van der Waals surface area contributed by atoms with Gasteiger partial charge in [0.05, 0.1) is 9.82 Å². The van der Waals surface area contributed by atoms with E-state index >= 15 is 0 Å². The van der Waals surface area contributed by atoms with Crippen molar-refractivity contribution in [3.8, 4) is 0 Å². The second-order valence-electron chi connectivity index (χ2n) is 4.85. The first-order valence-corrected chi connectivity index (χ1v) is 7.62. The molecule has 20 heavy (non-hydrogen) atoms. The van der Waals surface area contributed by atoms with Gasteiger partial charge in [-0.3, -0.25) is 10.1 Å². The normalized spacial score (nSPS) is 18.1. The van der Waals surface area contributed by atoms with E-state index in [4.69, 9.17) is 0 Å². The minimum absolute atomic E-state index is 0.131. The Morgan fingerprint density at radius 1 is 1.25 bits per heavy atom. The monoisotopic (exact) mass is 298 g/mol. The largest absolute Gasteiger partial charge is 0.304 e. The maximum absolute atomic E-state index is 12.5. The maximum Gasteiger partial charge on any atom is 0.271 e. The molecule has 1 heterocycles. The van der Waals surface area contributed by atoms with E-state index in [1.807, 2.05) is 11.9 Å². The summed E-state index contributed by atoms with van der Waals surface area (Å²) in [5.41, 5.74) is 0.209. The Morgan fingerprint density at radius 3 is 2.40 bits per heavy atom. The van der Waals surface area contributed by atoms with Gasteiger partial charge in [0, 0.05) is 44.4 Å². The van der Waals surface area contributed by atoms with Gasteiger partial charge in [0.25, 0.3) is 5.69 Å². The number of aryl methyl sites for hydroxylation is 1. The molecule has 0 amide bonds. The van der Waals surface area contributed by atoms with E-state index in [-0.39, 0.29) is 10.6 Å². The Balaban J connectivity index is 2.36. The van der Waals surface area contributed by atoms with Gasteiger partial charge in [-0.25, -0.2) is 8.42 Å². The van der Waals surface area contributed by atoms with Gasteiger partial charge in [-0.2, -0.15) is 4.31 Å². The summed E-state index contributed by atoms with van der Waals surface area (Å²) >= 11 is 0. The molecule has 0 N–H and O–H groups in total. The predicted molar refractivity (Wildman–Crippen MR) is 72.9 cm³/mol. The molecule has 0 spiro atoms. The molecule has 1 saturated heterocycles. The van der Waals surface area contributed by atoms with Crippen LogP contribution in [0, 0.1) is 23.1 Å². The fourth-order valence-electron chi connectivity index (χ4n) is 2.08. The van der Waals surface area contributed by atoms with E-state index in [1.54, 1.807) is 6.92 Å². The number of piperazine rings is 1. The van der Waals surface area contributed by atoms with Crippen LogP contribution in [0.5, 0.6) is 0 Å². The van der Waals surface area contributed by atoms with Gasteiger partial charge in [0.15, 0.2) is 0 Å². The average Bonchev–Trinajstić information content (AvgIpc) is 2.38. The first-order valence-electron chi connectivity index (χ1n) is 6.18. The molecule has 0 aliphatic carbocycles. The zero-order chi connectivity index (χ0) is 14.9. The molecule has 0 saturated carbocycles. The van der Waals surface area contributed by atoms with E-state index < -0.39 is 14.9 Å². The van der Waals surface area contributed by atoms with Crippen molar-refractivity contribution in [2.24, 2.45) is 0 Å². The van der Waals surface area contributed by atoms with Gasteiger partial charge in [-0.15, -0.1) is 0 Å². The number of hydrogen-bond acceptors (Lipinski definition) is 5. The SMILES string of the molecule is Cc1[c]c(S(=O)(=O)N2CCN(C)CC2)cc([N+](=O)[O-])c1.